The van der Waals surface area contributed by atoms with Gasteiger partial charge in [-0.15, -0.1) is 0 Å². The van der Waals surface area contributed by atoms with Gasteiger partial charge < -0.3 is 30.5 Å². The molecule has 1 aromatic carbocycles. The lowest BCUT2D eigenvalue weighted by Crippen LogP contribution is -2.45. The summed E-state index contributed by atoms with van der Waals surface area (Å²) in [6.45, 7) is 5.74. The first-order chi connectivity index (χ1) is 12.2. The van der Waals surface area contributed by atoms with Crippen molar-refractivity contribution in [2.45, 2.75) is 25.9 Å². The molecule has 2 heterocycles. The summed E-state index contributed by atoms with van der Waals surface area (Å²) in [5.74, 6) is 0.968. The first kappa shape index (κ1) is 17.8. The third kappa shape index (κ3) is 4.35. The molecule has 0 saturated carbocycles. The Morgan fingerprint density at radius 1 is 1.36 bits per heavy atom. The highest BCUT2D eigenvalue weighted by Crippen LogP contribution is 2.36. The second-order valence-corrected chi connectivity index (χ2v) is 6.46. The molecule has 7 nitrogen and oxygen atoms in total. The van der Waals surface area contributed by atoms with Crippen LogP contribution in [0.5, 0.6) is 11.5 Å². The zero-order valence-corrected chi connectivity index (χ0v) is 14.6. The number of aliphatic hydroxyl groups is 1. The number of rotatable bonds is 5. The van der Waals surface area contributed by atoms with E-state index < -0.39 is 6.10 Å². The summed E-state index contributed by atoms with van der Waals surface area (Å²) in [6, 6.07) is 3.67. The van der Waals surface area contributed by atoms with Gasteiger partial charge in [0.1, 0.15) is 0 Å². The third-order valence-electron chi connectivity index (χ3n) is 4.59. The van der Waals surface area contributed by atoms with Crippen LogP contribution in [0.2, 0.25) is 0 Å². The molecule has 0 spiro atoms. The number of benzene rings is 1. The minimum absolute atomic E-state index is 0.0675. The standard InChI is InChI=1S/C18H27N3O4/c1-2-20-13-8-14(17-16(9-13)24-6-3-7-25-17)18(23)21-10-12-4-5-19-11-15(12)22/h8-9,12,15,19-20,22H,2-7,10-11H2,1H3,(H,21,23)/t12-,15?/m0/s1. The lowest BCUT2D eigenvalue weighted by molar-refractivity contribution is 0.0752. The van der Waals surface area contributed by atoms with E-state index in [0.717, 1.165) is 31.6 Å². The van der Waals surface area contributed by atoms with E-state index in [-0.39, 0.29) is 11.8 Å². The van der Waals surface area contributed by atoms with Gasteiger partial charge in [0.25, 0.3) is 5.91 Å². The van der Waals surface area contributed by atoms with Crippen molar-refractivity contribution in [1.82, 2.24) is 10.6 Å². The van der Waals surface area contributed by atoms with Crippen LogP contribution in [-0.2, 0) is 0 Å². The maximum absolute atomic E-state index is 12.8. The van der Waals surface area contributed by atoms with E-state index in [1.165, 1.54) is 0 Å². The molecule has 7 heteroatoms. The Bertz CT molecular complexity index is 608. The van der Waals surface area contributed by atoms with Gasteiger partial charge in [-0.1, -0.05) is 0 Å². The predicted molar refractivity (Wildman–Crippen MR) is 95.5 cm³/mol. The van der Waals surface area contributed by atoms with Crippen molar-refractivity contribution >= 4 is 11.6 Å². The van der Waals surface area contributed by atoms with Crippen LogP contribution in [-0.4, -0.2) is 56.5 Å². The second kappa shape index (κ2) is 8.40. The summed E-state index contributed by atoms with van der Waals surface area (Å²) in [5, 5.41) is 19.3. The molecule has 2 aliphatic heterocycles. The molecule has 2 aliphatic rings. The summed E-state index contributed by atoms with van der Waals surface area (Å²) in [6.07, 6.45) is 1.20. The molecule has 25 heavy (non-hydrogen) atoms. The number of hydrogen-bond acceptors (Lipinski definition) is 6. The van der Waals surface area contributed by atoms with Crippen molar-refractivity contribution in [3.8, 4) is 11.5 Å². The van der Waals surface area contributed by atoms with Crippen molar-refractivity contribution in [2.24, 2.45) is 5.92 Å². The average Bonchev–Trinajstić information content (AvgIpc) is 2.86. The number of fused-ring (bicyclic) bond motifs is 1. The van der Waals surface area contributed by atoms with Gasteiger partial charge in [0, 0.05) is 43.7 Å². The molecule has 1 fully saturated rings. The maximum atomic E-state index is 12.8. The summed E-state index contributed by atoms with van der Waals surface area (Å²) >= 11 is 0. The van der Waals surface area contributed by atoms with Gasteiger partial charge in [-0.2, -0.15) is 0 Å². The molecule has 0 aliphatic carbocycles. The fourth-order valence-electron chi connectivity index (χ4n) is 3.20. The van der Waals surface area contributed by atoms with Crippen molar-refractivity contribution < 1.29 is 19.4 Å². The maximum Gasteiger partial charge on any atom is 0.255 e. The molecule has 1 saturated heterocycles. The van der Waals surface area contributed by atoms with E-state index in [0.29, 0.717) is 43.4 Å². The lowest BCUT2D eigenvalue weighted by atomic mass is 9.95. The highest BCUT2D eigenvalue weighted by Gasteiger charge is 2.25. The SMILES string of the molecule is CCNc1cc2c(c(C(=O)NC[C@@H]3CCNCC3O)c1)OCCCO2. The highest BCUT2D eigenvalue weighted by molar-refractivity contribution is 5.99. The Morgan fingerprint density at radius 2 is 2.20 bits per heavy atom. The first-order valence-electron chi connectivity index (χ1n) is 9.03. The average molecular weight is 349 g/mol. The number of anilines is 1. The minimum Gasteiger partial charge on any atom is -0.489 e. The zero-order valence-electron chi connectivity index (χ0n) is 14.6. The molecule has 1 aromatic rings. The van der Waals surface area contributed by atoms with E-state index >= 15 is 0 Å². The van der Waals surface area contributed by atoms with Crippen LogP contribution in [0, 0.1) is 5.92 Å². The van der Waals surface area contributed by atoms with Crippen LogP contribution in [0.25, 0.3) is 0 Å². The fraction of sp³-hybridized carbons (Fsp3) is 0.611. The number of ether oxygens (including phenoxy) is 2. The molecule has 0 bridgehead atoms. The topological polar surface area (TPSA) is 91.9 Å². The van der Waals surface area contributed by atoms with Gasteiger partial charge in [-0.05, 0) is 26.0 Å². The number of β-amino-alcohol motifs (C(OH)–C–C–N with tert-alkyl or cyclic N) is 1. The molecule has 4 N–H and O–H groups in total. The first-order valence-corrected chi connectivity index (χ1v) is 9.03. The molecule has 3 rings (SSSR count). The van der Waals surface area contributed by atoms with Crippen LogP contribution in [0.15, 0.2) is 12.1 Å². The molecule has 1 amide bonds. The lowest BCUT2D eigenvalue weighted by Gasteiger charge is -2.28. The fourth-order valence-corrected chi connectivity index (χ4v) is 3.20. The Hall–Kier alpha value is -1.99. The largest absolute Gasteiger partial charge is 0.489 e. The monoisotopic (exact) mass is 349 g/mol. The number of piperidine rings is 1. The number of aliphatic hydroxyl groups excluding tert-OH is 1. The molecule has 2 atom stereocenters. The van der Waals surface area contributed by atoms with Crippen LogP contribution in [0.3, 0.4) is 0 Å². The van der Waals surface area contributed by atoms with Gasteiger partial charge >= 0.3 is 0 Å². The van der Waals surface area contributed by atoms with Crippen LogP contribution < -0.4 is 25.4 Å². The summed E-state index contributed by atoms with van der Waals surface area (Å²) in [7, 11) is 0. The van der Waals surface area contributed by atoms with Gasteiger partial charge in [0.2, 0.25) is 0 Å². The van der Waals surface area contributed by atoms with E-state index in [1.54, 1.807) is 6.07 Å². The van der Waals surface area contributed by atoms with Crippen LogP contribution in [0.4, 0.5) is 5.69 Å². The van der Waals surface area contributed by atoms with E-state index in [9.17, 15) is 9.90 Å². The van der Waals surface area contributed by atoms with E-state index in [1.807, 2.05) is 13.0 Å². The van der Waals surface area contributed by atoms with Gasteiger partial charge in [0.05, 0.1) is 24.9 Å². The number of carbonyl (C=O) groups is 1. The zero-order chi connectivity index (χ0) is 17.6. The second-order valence-electron chi connectivity index (χ2n) is 6.46. The minimum atomic E-state index is -0.432. The Kier molecular flexibility index (Phi) is 5.99. The Balaban J connectivity index is 1.76. The summed E-state index contributed by atoms with van der Waals surface area (Å²) < 4.78 is 11.5. The summed E-state index contributed by atoms with van der Waals surface area (Å²) in [4.78, 5) is 12.8. The van der Waals surface area contributed by atoms with Crippen molar-refractivity contribution in [2.75, 3.05) is 44.7 Å². The Labute approximate surface area is 148 Å². The quantitative estimate of drug-likeness (QED) is 0.633. The van der Waals surface area contributed by atoms with Crippen LogP contribution in [0.1, 0.15) is 30.1 Å². The molecular weight excluding hydrogens is 322 g/mol. The number of amides is 1. The molecule has 0 radical (unpaired) electrons. The summed E-state index contributed by atoms with van der Waals surface area (Å²) in [5.41, 5.74) is 1.30. The normalized spacial score (nSPS) is 22.8. The number of hydrogen-bond donors (Lipinski definition) is 4. The van der Waals surface area contributed by atoms with Gasteiger partial charge in [-0.25, -0.2) is 0 Å². The third-order valence-corrected chi connectivity index (χ3v) is 4.59. The molecule has 0 aromatic heterocycles. The Morgan fingerprint density at radius 3 is 3.00 bits per heavy atom. The van der Waals surface area contributed by atoms with Gasteiger partial charge in [0.15, 0.2) is 11.5 Å². The number of nitrogens with one attached hydrogen (secondary N) is 3. The molecule has 138 valence electrons. The van der Waals surface area contributed by atoms with E-state index in [2.05, 4.69) is 16.0 Å². The van der Waals surface area contributed by atoms with Crippen molar-refractivity contribution in [3.63, 3.8) is 0 Å². The van der Waals surface area contributed by atoms with Crippen molar-refractivity contribution in [3.05, 3.63) is 17.7 Å². The van der Waals surface area contributed by atoms with Crippen LogP contribution >= 0.6 is 0 Å². The molecular formula is C18H27N3O4. The van der Waals surface area contributed by atoms with Crippen molar-refractivity contribution in [1.29, 1.82) is 0 Å². The smallest absolute Gasteiger partial charge is 0.255 e. The van der Waals surface area contributed by atoms with E-state index in [4.69, 9.17) is 9.47 Å². The predicted octanol–water partition coefficient (Wildman–Crippen LogP) is 0.980. The number of carbonyl (C=O) groups excluding carboxylic acids is 1. The highest BCUT2D eigenvalue weighted by atomic mass is 16.5. The van der Waals surface area contributed by atoms with Gasteiger partial charge in [-0.3, -0.25) is 4.79 Å². The molecule has 1 unspecified atom stereocenters.